The minimum Gasteiger partial charge on any atom is -0.453 e. The van der Waals surface area contributed by atoms with Crippen LogP contribution in [0, 0.1) is 11.7 Å². The van der Waals surface area contributed by atoms with Crippen molar-refractivity contribution in [3.05, 3.63) is 34.6 Å². The number of halogens is 2. The highest BCUT2D eigenvalue weighted by atomic mass is 35.5. The van der Waals surface area contributed by atoms with Crippen molar-refractivity contribution < 1.29 is 19.0 Å². The first-order valence-electron chi connectivity index (χ1n) is 8.17. The number of hydrogen-bond acceptors (Lipinski definition) is 4. The van der Waals surface area contributed by atoms with Crippen molar-refractivity contribution in [1.82, 2.24) is 10.6 Å². The number of ether oxygens (including phenoxy) is 1. The lowest BCUT2D eigenvalue weighted by molar-refractivity contribution is -0.0422. The summed E-state index contributed by atoms with van der Waals surface area (Å²) in [7, 11) is 1.30. The fourth-order valence-electron chi connectivity index (χ4n) is 3.27. The standard InChI is InChI=1S/C17H24ClFN2O3/c1-24-16(22)21-7-3-5-17(23,12-4-2-6-20-11-12)13-8-14(18)10-15(19)9-13/h8-10,12,20,23H,2-7,11H2,1H3,(H,21,22)/t12-,17+/m1/s1. The van der Waals surface area contributed by atoms with E-state index in [2.05, 4.69) is 15.4 Å². The Bertz CT molecular complexity index is 547. The van der Waals surface area contributed by atoms with Gasteiger partial charge in [0.1, 0.15) is 5.82 Å². The van der Waals surface area contributed by atoms with Gasteiger partial charge in [-0.2, -0.15) is 0 Å². The second-order valence-corrected chi connectivity index (χ2v) is 6.58. The highest BCUT2D eigenvalue weighted by molar-refractivity contribution is 6.30. The molecule has 0 bridgehead atoms. The van der Waals surface area contributed by atoms with Crippen LogP contribution in [-0.2, 0) is 10.3 Å². The van der Waals surface area contributed by atoms with E-state index in [9.17, 15) is 14.3 Å². The van der Waals surface area contributed by atoms with Crippen LogP contribution in [0.4, 0.5) is 9.18 Å². The van der Waals surface area contributed by atoms with Gasteiger partial charge in [0.15, 0.2) is 0 Å². The van der Waals surface area contributed by atoms with Gasteiger partial charge in [0, 0.05) is 24.0 Å². The predicted octanol–water partition coefficient (Wildman–Crippen LogP) is 2.80. The molecule has 1 aromatic rings. The van der Waals surface area contributed by atoms with Crippen molar-refractivity contribution in [2.45, 2.75) is 31.3 Å². The van der Waals surface area contributed by atoms with Crippen LogP contribution in [0.3, 0.4) is 0 Å². The molecule has 1 amide bonds. The average Bonchev–Trinajstić information content (AvgIpc) is 2.58. The van der Waals surface area contributed by atoms with Crippen LogP contribution in [0.15, 0.2) is 18.2 Å². The maximum Gasteiger partial charge on any atom is 0.406 e. The first kappa shape index (κ1) is 19.0. The Labute approximate surface area is 146 Å². The normalized spacial score (nSPS) is 20.2. The summed E-state index contributed by atoms with van der Waals surface area (Å²) in [5.74, 6) is -0.505. The Morgan fingerprint density at radius 2 is 2.33 bits per heavy atom. The zero-order valence-electron chi connectivity index (χ0n) is 13.8. The van der Waals surface area contributed by atoms with Gasteiger partial charge >= 0.3 is 6.09 Å². The molecule has 3 N–H and O–H groups in total. The van der Waals surface area contributed by atoms with Gasteiger partial charge in [0.2, 0.25) is 0 Å². The van der Waals surface area contributed by atoms with Crippen molar-refractivity contribution in [2.75, 3.05) is 26.7 Å². The monoisotopic (exact) mass is 358 g/mol. The Hall–Kier alpha value is -1.37. The molecule has 1 fully saturated rings. The molecule has 7 heteroatoms. The first-order valence-corrected chi connectivity index (χ1v) is 8.55. The largest absolute Gasteiger partial charge is 0.453 e. The summed E-state index contributed by atoms with van der Waals surface area (Å²) in [6, 6.07) is 4.19. The number of methoxy groups -OCH3 is 1. The molecule has 1 aliphatic rings. The molecule has 0 radical (unpaired) electrons. The molecule has 1 aromatic carbocycles. The molecule has 2 rings (SSSR count). The quantitative estimate of drug-likeness (QED) is 0.684. The Balaban J connectivity index is 2.15. The highest BCUT2D eigenvalue weighted by Crippen LogP contribution is 2.39. The Morgan fingerprint density at radius 3 is 2.96 bits per heavy atom. The lowest BCUT2D eigenvalue weighted by Gasteiger charge is -2.39. The molecule has 1 aliphatic heterocycles. The van der Waals surface area contributed by atoms with Gasteiger partial charge in [-0.1, -0.05) is 11.6 Å². The third-order valence-corrected chi connectivity index (χ3v) is 4.74. The van der Waals surface area contributed by atoms with Crippen molar-refractivity contribution >= 4 is 17.7 Å². The van der Waals surface area contributed by atoms with Gasteiger partial charge in [-0.25, -0.2) is 9.18 Å². The maximum atomic E-state index is 13.8. The molecule has 0 saturated carbocycles. The van der Waals surface area contributed by atoms with Crippen LogP contribution in [0.2, 0.25) is 5.02 Å². The van der Waals surface area contributed by atoms with Crippen molar-refractivity contribution in [3.63, 3.8) is 0 Å². The molecule has 0 spiro atoms. The predicted molar refractivity (Wildman–Crippen MR) is 90.5 cm³/mol. The second-order valence-electron chi connectivity index (χ2n) is 6.15. The number of amides is 1. The van der Waals surface area contributed by atoms with Gasteiger partial charge in [-0.05, 0) is 56.0 Å². The lowest BCUT2D eigenvalue weighted by atomic mass is 9.74. The zero-order chi connectivity index (χ0) is 17.6. The van der Waals surface area contributed by atoms with Crippen LogP contribution in [-0.4, -0.2) is 37.9 Å². The van der Waals surface area contributed by atoms with Gasteiger partial charge < -0.3 is 20.5 Å². The Kier molecular flexibility index (Phi) is 6.83. The summed E-state index contributed by atoms with van der Waals surface area (Å²) in [5, 5.41) is 17.5. The molecule has 1 heterocycles. The van der Waals surface area contributed by atoms with E-state index in [1.165, 1.54) is 19.2 Å². The van der Waals surface area contributed by atoms with E-state index in [-0.39, 0.29) is 10.9 Å². The summed E-state index contributed by atoms with van der Waals surface area (Å²) in [6.07, 6.45) is 2.23. The number of hydrogen-bond donors (Lipinski definition) is 3. The fourth-order valence-corrected chi connectivity index (χ4v) is 3.49. The van der Waals surface area contributed by atoms with Crippen molar-refractivity contribution in [3.8, 4) is 0 Å². The van der Waals surface area contributed by atoms with Crippen LogP contribution in [0.1, 0.15) is 31.2 Å². The highest BCUT2D eigenvalue weighted by Gasteiger charge is 2.39. The van der Waals surface area contributed by atoms with Crippen LogP contribution in [0.5, 0.6) is 0 Å². The first-order chi connectivity index (χ1) is 11.5. The third-order valence-electron chi connectivity index (χ3n) is 4.52. The average molecular weight is 359 g/mol. The summed E-state index contributed by atoms with van der Waals surface area (Å²) < 4.78 is 18.3. The molecule has 0 aromatic heterocycles. The molecule has 1 saturated heterocycles. The van der Waals surface area contributed by atoms with Gasteiger partial charge in [-0.15, -0.1) is 0 Å². The van der Waals surface area contributed by atoms with E-state index in [1.54, 1.807) is 6.07 Å². The fraction of sp³-hybridized carbons (Fsp3) is 0.588. The SMILES string of the molecule is COC(=O)NCCC[C@@](O)(c1cc(F)cc(Cl)c1)[C@@H]1CCCNC1. The summed E-state index contributed by atoms with van der Waals surface area (Å²) in [4.78, 5) is 11.1. The number of aliphatic hydroxyl groups is 1. The van der Waals surface area contributed by atoms with E-state index in [0.29, 0.717) is 31.5 Å². The zero-order valence-corrected chi connectivity index (χ0v) is 14.5. The number of rotatable bonds is 6. The van der Waals surface area contributed by atoms with E-state index < -0.39 is 17.5 Å². The minimum absolute atomic E-state index is 0.0396. The van der Waals surface area contributed by atoms with E-state index in [1.807, 2.05) is 0 Å². The maximum absolute atomic E-state index is 13.8. The Morgan fingerprint density at radius 1 is 1.54 bits per heavy atom. The molecular formula is C17H24ClFN2O3. The van der Waals surface area contributed by atoms with E-state index >= 15 is 0 Å². The number of alkyl carbamates (subject to hydrolysis) is 1. The topological polar surface area (TPSA) is 70.6 Å². The van der Waals surface area contributed by atoms with Crippen LogP contribution < -0.4 is 10.6 Å². The van der Waals surface area contributed by atoms with Gasteiger partial charge in [0.25, 0.3) is 0 Å². The molecule has 2 atom stereocenters. The molecule has 0 aliphatic carbocycles. The van der Waals surface area contributed by atoms with Crippen molar-refractivity contribution in [1.29, 1.82) is 0 Å². The minimum atomic E-state index is -1.20. The van der Waals surface area contributed by atoms with E-state index in [4.69, 9.17) is 11.6 Å². The van der Waals surface area contributed by atoms with Crippen LogP contribution >= 0.6 is 11.6 Å². The molecular weight excluding hydrogens is 335 g/mol. The van der Waals surface area contributed by atoms with Crippen LogP contribution in [0.25, 0.3) is 0 Å². The molecule has 5 nitrogen and oxygen atoms in total. The lowest BCUT2D eigenvalue weighted by Crippen LogP contribution is -2.44. The molecule has 24 heavy (non-hydrogen) atoms. The number of benzene rings is 1. The van der Waals surface area contributed by atoms with Gasteiger partial charge in [-0.3, -0.25) is 0 Å². The van der Waals surface area contributed by atoms with E-state index in [0.717, 1.165) is 19.4 Å². The summed E-state index contributed by atoms with van der Waals surface area (Å²) >= 11 is 5.98. The third kappa shape index (κ3) is 4.82. The molecule has 134 valence electrons. The number of piperidine rings is 1. The summed E-state index contributed by atoms with van der Waals surface area (Å²) in [5.41, 5.74) is -0.712. The number of carbonyl (C=O) groups is 1. The summed E-state index contributed by atoms with van der Waals surface area (Å²) in [6.45, 7) is 1.95. The number of nitrogens with one attached hydrogen (secondary N) is 2. The second kappa shape index (κ2) is 8.65. The molecule has 0 unspecified atom stereocenters. The van der Waals surface area contributed by atoms with Crippen molar-refractivity contribution in [2.24, 2.45) is 5.92 Å². The van der Waals surface area contributed by atoms with Gasteiger partial charge in [0.05, 0.1) is 12.7 Å². The number of carbonyl (C=O) groups excluding carboxylic acids is 1. The smallest absolute Gasteiger partial charge is 0.406 e.